The first kappa shape index (κ1) is 28.3. The third-order valence-corrected chi connectivity index (χ3v) is 6.23. The summed E-state index contributed by atoms with van der Waals surface area (Å²) in [4.78, 5) is 30.0. The summed E-state index contributed by atoms with van der Waals surface area (Å²) in [6, 6.07) is 11.2. The second kappa shape index (κ2) is 12.5. The molecule has 2 aromatic carbocycles. The molecule has 0 bridgehead atoms. The fourth-order valence-electron chi connectivity index (χ4n) is 4.10. The summed E-state index contributed by atoms with van der Waals surface area (Å²) in [6.45, 7) is 0.247. The first-order valence-corrected chi connectivity index (χ1v) is 12.7. The van der Waals surface area contributed by atoms with Crippen LogP contribution in [0.1, 0.15) is 16.8 Å². The Labute approximate surface area is 236 Å². The summed E-state index contributed by atoms with van der Waals surface area (Å²) in [5.41, 5.74) is -0.262. The predicted molar refractivity (Wildman–Crippen MR) is 149 cm³/mol. The molecule has 0 radical (unpaired) electrons. The van der Waals surface area contributed by atoms with E-state index in [2.05, 4.69) is 30.9 Å². The van der Waals surface area contributed by atoms with Crippen molar-refractivity contribution in [3.05, 3.63) is 94.5 Å². The van der Waals surface area contributed by atoms with Crippen LogP contribution in [0.5, 0.6) is 11.5 Å². The monoisotopic (exact) mass is 577 g/mol. The number of pyridine rings is 1. The zero-order valence-corrected chi connectivity index (χ0v) is 22.2. The molecule has 0 saturated heterocycles. The SMILES string of the molecule is COCC[C@@H](CO)Nc1n[nH]c2nccc(Oc3ccc(NC(=O)c4ccnn(-c5ccc(F)cc5)c4=O)cc3F)c12. The molecule has 3 heterocycles. The van der Waals surface area contributed by atoms with Crippen LogP contribution in [0, 0.1) is 11.6 Å². The van der Waals surface area contributed by atoms with Crippen molar-refractivity contribution in [1.82, 2.24) is 25.0 Å². The number of benzene rings is 2. The van der Waals surface area contributed by atoms with Gasteiger partial charge in [0.1, 0.15) is 22.5 Å². The van der Waals surface area contributed by atoms with Gasteiger partial charge in [-0.15, -0.1) is 0 Å². The highest BCUT2D eigenvalue weighted by Gasteiger charge is 2.19. The van der Waals surface area contributed by atoms with E-state index in [1.165, 1.54) is 48.8 Å². The van der Waals surface area contributed by atoms with Crippen molar-refractivity contribution in [3.8, 4) is 17.2 Å². The topological polar surface area (TPSA) is 156 Å². The molecule has 0 spiro atoms. The lowest BCUT2D eigenvalue weighted by molar-refractivity contribution is 0.102. The number of H-pyrrole nitrogens is 1. The van der Waals surface area contributed by atoms with E-state index in [9.17, 15) is 19.1 Å². The van der Waals surface area contributed by atoms with Gasteiger partial charge in [0.15, 0.2) is 23.0 Å². The molecule has 5 aromatic rings. The zero-order chi connectivity index (χ0) is 29.6. The highest BCUT2D eigenvalue weighted by Crippen LogP contribution is 2.34. The Morgan fingerprint density at radius 1 is 1.10 bits per heavy atom. The Morgan fingerprint density at radius 2 is 1.90 bits per heavy atom. The van der Waals surface area contributed by atoms with Crippen LogP contribution in [0.4, 0.5) is 20.3 Å². The Balaban J connectivity index is 1.34. The molecule has 216 valence electrons. The number of amides is 1. The van der Waals surface area contributed by atoms with Crippen molar-refractivity contribution in [1.29, 1.82) is 0 Å². The van der Waals surface area contributed by atoms with E-state index in [1.54, 1.807) is 7.11 Å². The maximum Gasteiger partial charge on any atom is 0.284 e. The number of methoxy groups -OCH3 is 1. The molecule has 0 aliphatic carbocycles. The number of nitrogens with one attached hydrogen (secondary N) is 3. The van der Waals surface area contributed by atoms with Gasteiger partial charge in [0.2, 0.25) is 0 Å². The Kier molecular flexibility index (Phi) is 8.45. The van der Waals surface area contributed by atoms with Crippen molar-refractivity contribution in [2.45, 2.75) is 12.5 Å². The fraction of sp³-hybridized carbons (Fsp3) is 0.179. The van der Waals surface area contributed by atoms with Gasteiger partial charge in [0.05, 0.1) is 18.3 Å². The van der Waals surface area contributed by atoms with E-state index >= 15 is 4.39 Å². The quantitative estimate of drug-likeness (QED) is 0.184. The van der Waals surface area contributed by atoms with Gasteiger partial charge in [-0.1, -0.05) is 0 Å². The van der Waals surface area contributed by atoms with Crippen LogP contribution in [-0.4, -0.2) is 62.3 Å². The van der Waals surface area contributed by atoms with Crippen LogP contribution < -0.4 is 20.9 Å². The molecule has 5 rings (SSSR count). The average Bonchev–Trinajstić information content (AvgIpc) is 3.40. The van der Waals surface area contributed by atoms with E-state index < -0.39 is 23.1 Å². The van der Waals surface area contributed by atoms with Crippen LogP contribution in [0.15, 0.2) is 71.8 Å². The number of aliphatic hydroxyl groups is 1. The van der Waals surface area contributed by atoms with Crippen LogP contribution in [0.25, 0.3) is 16.7 Å². The van der Waals surface area contributed by atoms with Gasteiger partial charge in [-0.2, -0.15) is 14.9 Å². The highest BCUT2D eigenvalue weighted by atomic mass is 19.1. The number of carbonyl (C=O) groups excluding carboxylic acids is 1. The van der Waals surface area contributed by atoms with E-state index in [1.807, 2.05) is 0 Å². The van der Waals surface area contributed by atoms with E-state index in [0.717, 1.165) is 22.9 Å². The van der Waals surface area contributed by atoms with Crippen LogP contribution >= 0.6 is 0 Å². The lowest BCUT2D eigenvalue weighted by Crippen LogP contribution is -2.29. The van der Waals surface area contributed by atoms with Crippen LogP contribution in [0.2, 0.25) is 0 Å². The summed E-state index contributed by atoms with van der Waals surface area (Å²) in [7, 11) is 1.56. The molecule has 0 fully saturated rings. The van der Waals surface area contributed by atoms with Crippen molar-refractivity contribution in [3.63, 3.8) is 0 Å². The number of halogens is 2. The van der Waals surface area contributed by atoms with Gasteiger partial charge in [-0.3, -0.25) is 14.7 Å². The third-order valence-electron chi connectivity index (χ3n) is 6.23. The Hall–Kier alpha value is -5.21. The highest BCUT2D eigenvalue weighted by molar-refractivity contribution is 6.04. The first-order valence-electron chi connectivity index (χ1n) is 12.7. The Morgan fingerprint density at radius 3 is 2.64 bits per heavy atom. The molecule has 3 aromatic heterocycles. The van der Waals surface area contributed by atoms with Gasteiger partial charge < -0.3 is 25.2 Å². The minimum absolute atomic E-state index is 0.0730. The molecule has 14 heteroatoms. The molecule has 1 atom stereocenters. The number of carbonyl (C=O) groups is 1. The molecular weight excluding hydrogens is 552 g/mol. The number of nitrogens with zero attached hydrogens (tertiary/aromatic N) is 4. The largest absolute Gasteiger partial charge is 0.453 e. The fourth-order valence-corrected chi connectivity index (χ4v) is 4.10. The normalized spacial score (nSPS) is 11.8. The second-order valence-electron chi connectivity index (χ2n) is 9.05. The molecular formula is C28H25F2N7O5. The number of aliphatic hydroxyl groups excluding tert-OH is 1. The minimum Gasteiger partial charge on any atom is -0.453 e. The maximum atomic E-state index is 15.1. The lowest BCUT2D eigenvalue weighted by Gasteiger charge is -2.16. The number of fused-ring (bicyclic) bond motifs is 1. The standard InChI is InChI=1S/C28H25F2N7O5/c1-41-13-10-18(15-38)33-26-24-23(9-11-31-25(24)35-36-26)42-22-7-4-17(14-21(22)30)34-27(39)20-8-12-32-37(28(20)40)19-5-2-16(29)3-6-19/h2-9,11-12,14,18,38H,10,13,15H2,1H3,(H,34,39)(H2,31,33,35,36)/t18-/m0/s1. The Bertz CT molecular complexity index is 1780. The van der Waals surface area contributed by atoms with Crippen molar-refractivity contribution in [2.75, 3.05) is 31.0 Å². The molecule has 1 amide bonds. The molecule has 12 nitrogen and oxygen atoms in total. The summed E-state index contributed by atoms with van der Waals surface area (Å²) in [6.07, 6.45) is 3.24. The summed E-state index contributed by atoms with van der Waals surface area (Å²) >= 11 is 0. The number of hydrogen-bond donors (Lipinski definition) is 4. The smallest absolute Gasteiger partial charge is 0.284 e. The number of hydrogen-bond acceptors (Lipinski definition) is 9. The van der Waals surface area contributed by atoms with Crippen molar-refractivity contribution < 1.29 is 28.2 Å². The van der Waals surface area contributed by atoms with E-state index in [0.29, 0.717) is 29.9 Å². The number of aromatic nitrogens is 5. The molecule has 0 aliphatic rings. The average molecular weight is 578 g/mol. The maximum absolute atomic E-state index is 15.1. The summed E-state index contributed by atoms with van der Waals surface area (Å²) in [5.74, 6) is -1.61. The number of rotatable bonds is 11. The zero-order valence-electron chi connectivity index (χ0n) is 22.2. The molecule has 0 aliphatic heterocycles. The predicted octanol–water partition coefficient (Wildman–Crippen LogP) is 3.64. The molecule has 0 saturated carbocycles. The molecule has 0 unspecified atom stereocenters. The summed E-state index contributed by atoms with van der Waals surface area (Å²) < 4.78 is 40.3. The van der Waals surface area contributed by atoms with E-state index in [4.69, 9.17) is 9.47 Å². The van der Waals surface area contributed by atoms with Gasteiger partial charge in [-0.25, -0.2) is 13.8 Å². The van der Waals surface area contributed by atoms with Crippen LogP contribution in [-0.2, 0) is 4.74 Å². The number of ether oxygens (including phenoxy) is 2. The molecule has 42 heavy (non-hydrogen) atoms. The van der Waals surface area contributed by atoms with Crippen LogP contribution in [0.3, 0.4) is 0 Å². The van der Waals surface area contributed by atoms with E-state index in [-0.39, 0.29) is 41.1 Å². The van der Waals surface area contributed by atoms with Gasteiger partial charge >= 0.3 is 0 Å². The second-order valence-corrected chi connectivity index (χ2v) is 9.05. The van der Waals surface area contributed by atoms with Crippen molar-refractivity contribution >= 4 is 28.4 Å². The van der Waals surface area contributed by atoms with Crippen molar-refractivity contribution in [2.24, 2.45) is 0 Å². The number of anilines is 2. The van der Waals surface area contributed by atoms with Gasteiger partial charge in [0.25, 0.3) is 11.5 Å². The summed E-state index contributed by atoms with van der Waals surface area (Å²) in [5, 5.41) is 26.7. The third kappa shape index (κ3) is 6.09. The lowest BCUT2D eigenvalue weighted by atomic mass is 10.2. The minimum atomic E-state index is -0.789. The van der Waals surface area contributed by atoms with Gasteiger partial charge in [0, 0.05) is 43.9 Å². The van der Waals surface area contributed by atoms with Gasteiger partial charge in [-0.05, 0) is 48.9 Å². The number of aromatic amines is 1. The molecule has 4 N–H and O–H groups in total. The first-order chi connectivity index (χ1) is 20.4.